The third kappa shape index (κ3) is 21.0. The van der Waals surface area contributed by atoms with Crippen molar-refractivity contribution in [1.82, 2.24) is 47.5 Å². The maximum atomic E-state index is 14.8. The van der Waals surface area contributed by atoms with Gasteiger partial charge in [-0.05, 0) is 67.7 Å². The molecule has 0 spiro atoms. The fraction of sp³-hybridized carbons (Fsp3) is 0.426. The van der Waals surface area contributed by atoms with Crippen LogP contribution in [0, 0.1) is 0 Å². The first-order chi connectivity index (χ1) is 38.4. The van der Waals surface area contributed by atoms with E-state index in [1.165, 1.54) is 6.92 Å². The maximum Gasteiger partial charge on any atom is 0.326 e. The number of carbonyl (C=O) groups excluding carboxylic acids is 8. The molecule has 2 heterocycles. The third-order valence-electron chi connectivity index (χ3n) is 12.8. The molecule has 26 nitrogen and oxygen atoms in total. The number of hydrogen-bond donors (Lipinski definition) is 14. The van der Waals surface area contributed by atoms with Crippen LogP contribution < -0.4 is 65.5 Å². The summed E-state index contributed by atoms with van der Waals surface area (Å²) in [7, 11) is 0. The normalized spacial score (nSPS) is 20.5. The topological polar surface area (TPSA) is 424 Å². The minimum Gasteiger partial charge on any atom is -0.480 e. The maximum absolute atomic E-state index is 14.8. The van der Waals surface area contributed by atoms with Gasteiger partial charge < -0.3 is 80.3 Å². The highest BCUT2D eigenvalue weighted by molar-refractivity contribution is 5.98. The first kappa shape index (κ1) is 61.8. The van der Waals surface area contributed by atoms with Crippen LogP contribution >= 0.6 is 0 Å². The molecule has 4 aromatic rings. The lowest BCUT2D eigenvalue weighted by Gasteiger charge is -2.28. The highest BCUT2D eigenvalue weighted by atomic mass is 16.5. The molecule has 18 N–H and O–H groups in total. The van der Waals surface area contributed by atoms with E-state index in [4.69, 9.17) is 27.7 Å². The Balaban J connectivity index is 1.55. The van der Waals surface area contributed by atoms with Crippen LogP contribution in [0.4, 0.5) is 0 Å². The van der Waals surface area contributed by atoms with Crippen molar-refractivity contribution in [1.29, 1.82) is 0 Å². The molecule has 7 atom stereocenters. The summed E-state index contributed by atoms with van der Waals surface area (Å²) in [5.41, 5.74) is 24.7. The average molecular weight is 1110 g/mol. The summed E-state index contributed by atoms with van der Waals surface area (Å²) in [6.45, 7) is 0.823. The van der Waals surface area contributed by atoms with Gasteiger partial charge in [0.15, 0.2) is 11.9 Å². The first-order valence-corrected chi connectivity index (χ1v) is 26.3. The average Bonchev–Trinajstić information content (AvgIpc) is 3.87. The number of rotatable bonds is 20. The van der Waals surface area contributed by atoms with Gasteiger partial charge >= 0.3 is 5.97 Å². The van der Waals surface area contributed by atoms with Crippen LogP contribution in [0.3, 0.4) is 0 Å². The number of nitrogens with one attached hydrogen (secondary N) is 9. The van der Waals surface area contributed by atoms with Crippen molar-refractivity contribution in [2.75, 3.05) is 26.2 Å². The lowest BCUT2D eigenvalue weighted by atomic mass is 10.0. The van der Waals surface area contributed by atoms with Crippen molar-refractivity contribution in [3.8, 4) is 0 Å². The molecule has 8 amide bonds. The number of para-hydroxylation sites is 1. The van der Waals surface area contributed by atoms with Gasteiger partial charge in [0, 0.05) is 62.9 Å². The summed E-state index contributed by atoms with van der Waals surface area (Å²) in [6, 6.07) is 14.8. The van der Waals surface area contributed by atoms with Gasteiger partial charge in [-0.3, -0.25) is 48.3 Å². The number of amides is 8. The highest BCUT2D eigenvalue weighted by Gasteiger charge is 2.35. The molecule has 1 aliphatic rings. The van der Waals surface area contributed by atoms with E-state index in [0.717, 1.165) is 16.5 Å². The SMILES string of the molecule is CC(=O)N[C@@H](CCCN=C(N)N)C(=O)NC1CCCNC(=O)CCC(C(=O)O)NC(=O)[C@H](Cc2c[nH]c3ccccc23)NC(=O)[C@H](CCCN=C(N)N)NC(=O)C(Cc2ccccc2)NC(=O)[C@H](COCc2ccccc2)NC1=O. The number of H-pyrrole nitrogens is 1. The van der Waals surface area contributed by atoms with E-state index in [1.807, 2.05) is 12.1 Å². The lowest BCUT2D eigenvalue weighted by Crippen LogP contribution is -2.61. The van der Waals surface area contributed by atoms with Gasteiger partial charge in [-0.15, -0.1) is 0 Å². The van der Waals surface area contributed by atoms with E-state index in [1.54, 1.807) is 79.0 Å². The van der Waals surface area contributed by atoms with Gasteiger partial charge in [0.25, 0.3) is 0 Å². The van der Waals surface area contributed by atoms with Gasteiger partial charge in [0.05, 0.1) is 13.2 Å². The van der Waals surface area contributed by atoms with E-state index in [2.05, 4.69) is 57.5 Å². The van der Waals surface area contributed by atoms with E-state index in [9.17, 15) is 48.3 Å². The monoisotopic (exact) mass is 1110 g/mol. The fourth-order valence-corrected chi connectivity index (χ4v) is 8.69. The largest absolute Gasteiger partial charge is 0.480 e. The molecule has 1 aliphatic heterocycles. The van der Waals surface area contributed by atoms with Gasteiger partial charge in [-0.25, -0.2) is 4.79 Å². The predicted octanol–water partition coefficient (Wildman–Crippen LogP) is -1.53. The van der Waals surface area contributed by atoms with Crippen LogP contribution in [0.15, 0.2) is 101 Å². The number of aliphatic imine (C=N–C) groups is 2. The number of nitrogens with zero attached hydrogens (tertiary/aromatic N) is 2. The number of aliphatic carboxylic acids is 1. The number of nitrogens with two attached hydrogens (primary N) is 4. The third-order valence-corrected chi connectivity index (χ3v) is 12.8. The number of ether oxygens (including phenoxy) is 1. The van der Waals surface area contributed by atoms with Crippen molar-refractivity contribution in [3.05, 3.63) is 108 Å². The molecule has 80 heavy (non-hydrogen) atoms. The molecule has 0 radical (unpaired) electrons. The van der Waals surface area contributed by atoms with E-state index in [-0.39, 0.29) is 102 Å². The van der Waals surface area contributed by atoms with Crippen LogP contribution in [0.5, 0.6) is 0 Å². The lowest BCUT2D eigenvalue weighted by molar-refractivity contribution is -0.142. The van der Waals surface area contributed by atoms with Crippen molar-refractivity contribution < 1.29 is 53.0 Å². The Labute approximate surface area is 462 Å². The Morgan fingerprint density at radius 3 is 1.93 bits per heavy atom. The minimum absolute atomic E-state index is 0.00426. The molecular formula is C54H73N15O11. The number of aromatic amines is 1. The van der Waals surface area contributed by atoms with Crippen molar-refractivity contribution in [3.63, 3.8) is 0 Å². The van der Waals surface area contributed by atoms with Crippen LogP contribution in [0.25, 0.3) is 10.9 Å². The van der Waals surface area contributed by atoms with Crippen LogP contribution in [0.1, 0.15) is 75.0 Å². The second-order valence-corrected chi connectivity index (χ2v) is 19.1. The quantitative estimate of drug-likeness (QED) is 0.0271. The Hall–Kier alpha value is -9.07. The molecule has 430 valence electrons. The summed E-state index contributed by atoms with van der Waals surface area (Å²) in [4.78, 5) is 136. The second kappa shape index (κ2) is 32.0. The Morgan fingerprint density at radius 1 is 0.688 bits per heavy atom. The molecule has 0 bridgehead atoms. The summed E-state index contributed by atoms with van der Waals surface area (Å²) in [5.74, 6) is -8.19. The first-order valence-electron chi connectivity index (χ1n) is 26.3. The summed E-state index contributed by atoms with van der Waals surface area (Å²) < 4.78 is 6.00. The smallest absolute Gasteiger partial charge is 0.326 e. The van der Waals surface area contributed by atoms with E-state index in [0.29, 0.717) is 11.1 Å². The predicted molar refractivity (Wildman–Crippen MR) is 296 cm³/mol. The van der Waals surface area contributed by atoms with Gasteiger partial charge in [-0.2, -0.15) is 0 Å². The summed E-state index contributed by atoms with van der Waals surface area (Å²) >= 11 is 0. The number of carbonyl (C=O) groups is 9. The number of aromatic nitrogens is 1. The fourth-order valence-electron chi connectivity index (χ4n) is 8.69. The minimum atomic E-state index is -1.61. The van der Waals surface area contributed by atoms with Crippen LogP contribution in [-0.2, 0) is 67.3 Å². The molecule has 1 aromatic heterocycles. The molecule has 5 rings (SSSR count). The number of carboxylic acids is 1. The molecule has 26 heteroatoms. The standard InChI is InChI=1S/C54H73N15O11/c1-32(70)63-38(19-11-25-60-53(55)56)46(72)64-40-20-10-24-59-45(71)23-22-41(52(78)79)66-50(76)43(28-35-29-62-37-18-9-8-17-36(35)37)68-47(73)39(21-12-26-61-54(57)58)65-49(75)42(27-33-13-4-2-5-14-33)67-51(77)44(69-48(40)74)31-80-30-34-15-6-3-7-16-34/h2-9,13-18,29,38-44,62H,10-12,19-28,30-31H2,1H3,(H,59,71)(H,63,70)(H,64,72)(H,65,75)(H,66,76)(H,67,77)(H,68,73)(H,69,74)(H,78,79)(H4,55,56,60)(H4,57,58,61)/t38-,39-,40?,41?,42?,43-,44-/m0/s1. The van der Waals surface area contributed by atoms with Gasteiger partial charge in [-0.1, -0.05) is 78.9 Å². The molecule has 1 saturated heterocycles. The molecule has 3 unspecified atom stereocenters. The van der Waals surface area contributed by atoms with Crippen molar-refractivity contribution >= 4 is 76.0 Å². The summed E-state index contributed by atoms with van der Waals surface area (Å²) in [6.07, 6.45) is 0.830. The number of hydrogen-bond acceptors (Lipinski definition) is 12. The zero-order valence-electron chi connectivity index (χ0n) is 44.5. The highest BCUT2D eigenvalue weighted by Crippen LogP contribution is 2.20. The molecule has 0 aliphatic carbocycles. The summed E-state index contributed by atoms with van der Waals surface area (Å²) in [5, 5.41) is 32.3. The Kier molecular flexibility index (Phi) is 24.7. The van der Waals surface area contributed by atoms with Crippen molar-refractivity contribution in [2.45, 2.75) is 120 Å². The zero-order valence-corrected chi connectivity index (χ0v) is 44.5. The van der Waals surface area contributed by atoms with Crippen LogP contribution in [-0.4, -0.2) is 144 Å². The van der Waals surface area contributed by atoms with Crippen molar-refractivity contribution in [2.24, 2.45) is 32.9 Å². The Morgan fingerprint density at radius 2 is 1.26 bits per heavy atom. The number of carboxylic acid groups (broad SMARTS) is 1. The second-order valence-electron chi connectivity index (χ2n) is 19.1. The molecule has 1 fully saturated rings. The van der Waals surface area contributed by atoms with Gasteiger partial charge in [0.2, 0.25) is 47.3 Å². The number of benzene rings is 3. The number of guanidine groups is 2. The van der Waals surface area contributed by atoms with E-state index < -0.39 is 102 Å². The van der Waals surface area contributed by atoms with E-state index >= 15 is 0 Å². The molecular weight excluding hydrogens is 1030 g/mol. The Bertz CT molecular complexity index is 2800. The molecule has 0 saturated carbocycles. The van der Waals surface area contributed by atoms with Gasteiger partial charge in [0.1, 0.15) is 42.3 Å². The number of fused-ring (bicyclic) bond motifs is 1. The van der Waals surface area contributed by atoms with Crippen LogP contribution in [0.2, 0.25) is 0 Å². The molecule has 3 aromatic carbocycles. The zero-order chi connectivity index (χ0) is 58.0.